The zero-order chi connectivity index (χ0) is 14.5. The molecule has 0 unspecified atom stereocenters. The first-order valence-corrected chi connectivity index (χ1v) is 9.28. The third-order valence-electron chi connectivity index (χ3n) is 4.80. The van der Waals surface area contributed by atoms with Gasteiger partial charge in [-0.15, -0.1) is 0 Å². The molecule has 118 valence electrons. The maximum atomic E-state index is 11.4. The van der Waals surface area contributed by atoms with E-state index in [2.05, 4.69) is 0 Å². The van der Waals surface area contributed by atoms with Crippen molar-refractivity contribution in [2.45, 2.75) is 110 Å². The molecule has 1 aliphatic rings. The Balaban J connectivity index is 2.26. The van der Waals surface area contributed by atoms with Crippen molar-refractivity contribution in [2.24, 2.45) is 5.92 Å². The fourth-order valence-electron chi connectivity index (χ4n) is 3.57. The van der Waals surface area contributed by atoms with Gasteiger partial charge in [0.25, 0.3) is 0 Å². The molecule has 1 fully saturated rings. The molecule has 1 rings (SSSR count). The van der Waals surface area contributed by atoms with E-state index in [1.165, 1.54) is 96.3 Å². The van der Waals surface area contributed by atoms with E-state index in [1.807, 2.05) is 0 Å². The van der Waals surface area contributed by atoms with Crippen LogP contribution in [-0.4, -0.2) is 5.78 Å². The minimum atomic E-state index is 0.393. The van der Waals surface area contributed by atoms with Gasteiger partial charge in [-0.2, -0.15) is 0 Å². The maximum Gasteiger partial charge on any atom is 0.130 e. The predicted octanol–water partition coefficient (Wildman–Crippen LogP) is 6.45. The Morgan fingerprint density at radius 2 is 0.950 bits per heavy atom. The number of carbonyl (C=O) groups is 1. The van der Waals surface area contributed by atoms with Crippen LogP contribution in [0.1, 0.15) is 110 Å². The third-order valence-corrected chi connectivity index (χ3v) is 4.80. The summed E-state index contributed by atoms with van der Waals surface area (Å²) in [6.07, 6.45) is 21.8. The highest BCUT2D eigenvalue weighted by molar-refractivity contribution is 5.75. The van der Waals surface area contributed by atoms with E-state index in [9.17, 15) is 4.79 Å². The molecule has 0 bridgehead atoms. The van der Waals surface area contributed by atoms with Gasteiger partial charge >= 0.3 is 0 Å². The van der Waals surface area contributed by atoms with Crippen LogP contribution in [0.4, 0.5) is 0 Å². The van der Waals surface area contributed by atoms with E-state index in [4.69, 9.17) is 0 Å². The molecule has 0 heterocycles. The van der Waals surface area contributed by atoms with Gasteiger partial charge in [-0.05, 0) is 12.8 Å². The molecule has 1 heteroatoms. The Bertz CT molecular complexity index is 218. The van der Waals surface area contributed by atoms with Gasteiger partial charge in [0.15, 0.2) is 0 Å². The van der Waals surface area contributed by atoms with E-state index in [0.29, 0.717) is 11.7 Å². The Labute approximate surface area is 126 Å². The molecule has 0 N–H and O–H groups in total. The summed E-state index contributed by atoms with van der Waals surface area (Å²) in [6, 6.07) is 0. The summed E-state index contributed by atoms with van der Waals surface area (Å²) in [5, 5.41) is 0. The van der Waals surface area contributed by atoms with Crippen molar-refractivity contribution in [3.63, 3.8) is 0 Å². The summed E-state index contributed by atoms with van der Waals surface area (Å²) in [5.41, 5.74) is 0. The predicted molar refractivity (Wildman–Crippen MR) is 88.0 cm³/mol. The second-order valence-corrected chi connectivity index (χ2v) is 6.95. The molecule has 0 aliphatic heterocycles. The van der Waals surface area contributed by atoms with Crippen LogP contribution in [0.2, 0.25) is 0 Å². The van der Waals surface area contributed by atoms with Crippen LogP contribution in [0, 0.1) is 5.92 Å². The topological polar surface area (TPSA) is 17.1 Å². The molecule has 1 aliphatic carbocycles. The first-order valence-electron chi connectivity index (χ1n) is 9.28. The van der Waals surface area contributed by atoms with E-state index < -0.39 is 0 Å². The molecule has 0 aromatic rings. The van der Waals surface area contributed by atoms with Crippen molar-refractivity contribution >= 4 is 5.78 Å². The minimum absolute atomic E-state index is 0.393. The van der Waals surface area contributed by atoms with Crippen molar-refractivity contribution in [1.82, 2.24) is 0 Å². The molecule has 0 aromatic carbocycles. The fraction of sp³-hybridized carbons (Fsp3) is 0.947. The third kappa shape index (κ3) is 10.5. The van der Waals surface area contributed by atoms with Gasteiger partial charge in [-0.1, -0.05) is 96.3 Å². The molecule has 20 heavy (non-hydrogen) atoms. The lowest BCUT2D eigenvalue weighted by Gasteiger charge is -2.15. The Hall–Kier alpha value is -0.330. The average Bonchev–Trinajstić information content (AvgIpc) is 2.40. The number of hydrogen-bond acceptors (Lipinski definition) is 1. The molecule has 0 amide bonds. The summed E-state index contributed by atoms with van der Waals surface area (Å²) in [4.78, 5) is 11.4. The number of carbonyl (C=O) groups excluding carboxylic acids is 1. The van der Waals surface area contributed by atoms with Crippen LogP contribution >= 0.6 is 0 Å². The normalized spacial score (nSPS) is 22.4. The lowest BCUT2D eigenvalue weighted by atomic mass is 9.90. The molecule has 0 radical (unpaired) electrons. The van der Waals surface area contributed by atoms with Crippen LogP contribution < -0.4 is 0 Å². The van der Waals surface area contributed by atoms with E-state index in [1.54, 1.807) is 6.92 Å². The zero-order valence-electron chi connectivity index (χ0n) is 13.8. The molecule has 0 aromatic heterocycles. The van der Waals surface area contributed by atoms with Crippen molar-refractivity contribution in [3.05, 3.63) is 0 Å². The largest absolute Gasteiger partial charge is 0.300 e. The maximum absolute atomic E-state index is 11.4. The summed E-state index contributed by atoms with van der Waals surface area (Å²) < 4.78 is 0. The second kappa shape index (κ2) is 12.4. The van der Waals surface area contributed by atoms with Crippen LogP contribution in [-0.2, 0) is 4.79 Å². The molecular formula is C19H36O. The quantitative estimate of drug-likeness (QED) is 0.568. The van der Waals surface area contributed by atoms with Gasteiger partial charge in [-0.3, -0.25) is 0 Å². The molecule has 0 saturated heterocycles. The molecule has 0 atom stereocenters. The fourth-order valence-corrected chi connectivity index (χ4v) is 3.57. The second-order valence-electron chi connectivity index (χ2n) is 6.95. The minimum Gasteiger partial charge on any atom is -0.300 e. The van der Waals surface area contributed by atoms with Gasteiger partial charge in [0.2, 0.25) is 0 Å². The number of Topliss-reactive ketones (excluding diaryl/α,β-unsaturated/α-hetero) is 1. The van der Waals surface area contributed by atoms with Crippen LogP contribution in [0.5, 0.6) is 0 Å². The van der Waals surface area contributed by atoms with Crippen molar-refractivity contribution in [1.29, 1.82) is 0 Å². The Morgan fingerprint density at radius 1 is 0.650 bits per heavy atom. The molecule has 1 nitrogen and oxygen atoms in total. The van der Waals surface area contributed by atoms with Crippen molar-refractivity contribution < 1.29 is 4.79 Å². The number of hydrogen-bond donors (Lipinski definition) is 0. The highest BCUT2D eigenvalue weighted by atomic mass is 16.1. The molecular weight excluding hydrogens is 244 g/mol. The molecule has 0 spiro atoms. The van der Waals surface area contributed by atoms with Crippen molar-refractivity contribution in [3.8, 4) is 0 Å². The molecule has 1 saturated carbocycles. The van der Waals surface area contributed by atoms with Gasteiger partial charge in [0.05, 0.1) is 0 Å². The summed E-state index contributed by atoms with van der Waals surface area (Å²) in [5.74, 6) is 1.07. The van der Waals surface area contributed by atoms with Gasteiger partial charge in [-0.25, -0.2) is 0 Å². The van der Waals surface area contributed by atoms with Gasteiger partial charge < -0.3 is 4.79 Å². The summed E-state index contributed by atoms with van der Waals surface area (Å²) in [7, 11) is 0. The van der Waals surface area contributed by atoms with Gasteiger partial charge in [0.1, 0.15) is 5.78 Å². The Morgan fingerprint density at radius 3 is 1.25 bits per heavy atom. The zero-order valence-corrected chi connectivity index (χ0v) is 13.8. The van der Waals surface area contributed by atoms with Crippen LogP contribution in [0.3, 0.4) is 0 Å². The number of ketones is 1. The average molecular weight is 280 g/mol. The Kier molecular flexibility index (Phi) is 11.0. The first-order chi connectivity index (χ1) is 9.79. The van der Waals surface area contributed by atoms with Crippen molar-refractivity contribution in [2.75, 3.05) is 0 Å². The first kappa shape index (κ1) is 17.7. The monoisotopic (exact) mass is 280 g/mol. The summed E-state index contributed by atoms with van der Waals surface area (Å²) >= 11 is 0. The summed E-state index contributed by atoms with van der Waals surface area (Å²) in [6.45, 7) is 1.76. The lowest BCUT2D eigenvalue weighted by Crippen LogP contribution is -2.06. The van der Waals surface area contributed by atoms with Gasteiger partial charge in [0, 0.05) is 6.42 Å². The standard InChI is InChI=1S/C19H36O/c1-18(20)17-19-15-13-11-9-7-5-3-2-4-6-8-10-12-14-16-19/h19H,2-17H2,1H3. The van der Waals surface area contributed by atoms with E-state index >= 15 is 0 Å². The lowest BCUT2D eigenvalue weighted by molar-refractivity contribution is -0.118. The van der Waals surface area contributed by atoms with E-state index in [0.717, 1.165) is 6.42 Å². The highest BCUT2D eigenvalue weighted by Crippen LogP contribution is 2.23. The smallest absolute Gasteiger partial charge is 0.130 e. The van der Waals surface area contributed by atoms with Crippen LogP contribution in [0.25, 0.3) is 0 Å². The van der Waals surface area contributed by atoms with Crippen LogP contribution in [0.15, 0.2) is 0 Å². The highest BCUT2D eigenvalue weighted by Gasteiger charge is 2.11. The number of rotatable bonds is 2. The SMILES string of the molecule is CC(=O)CC1CCCCCCCCCCCCCCC1. The van der Waals surface area contributed by atoms with E-state index in [-0.39, 0.29) is 0 Å².